The van der Waals surface area contributed by atoms with Crippen molar-refractivity contribution in [3.8, 4) is 0 Å². The average Bonchev–Trinajstić information content (AvgIpc) is 3.35. The summed E-state index contributed by atoms with van der Waals surface area (Å²) in [6, 6.07) is 9.77. The van der Waals surface area contributed by atoms with Gasteiger partial charge >= 0.3 is 0 Å². The predicted octanol–water partition coefficient (Wildman–Crippen LogP) is 5.15. The highest BCUT2D eigenvalue weighted by Crippen LogP contribution is 2.35. The molecule has 6 nitrogen and oxygen atoms in total. The number of fused-ring (bicyclic) bond motifs is 2. The van der Waals surface area contributed by atoms with Gasteiger partial charge < -0.3 is 14.6 Å². The molecule has 1 saturated heterocycles. The lowest BCUT2D eigenvalue weighted by Gasteiger charge is -2.33. The molecule has 0 radical (unpaired) electrons. The van der Waals surface area contributed by atoms with E-state index in [1.165, 1.54) is 10.4 Å². The van der Waals surface area contributed by atoms with Crippen LogP contribution in [-0.2, 0) is 4.79 Å². The number of nitrogens with zero attached hydrogens (tertiary/aromatic N) is 3. The number of para-hydroxylation sites is 1. The third-order valence-electron chi connectivity index (χ3n) is 6.34. The zero-order valence-corrected chi connectivity index (χ0v) is 18.8. The highest BCUT2D eigenvalue weighted by molar-refractivity contribution is 7.18. The van der Waals surface area contributed by atoms with Crippen LogP contribution in [-0.4, -0.2) is 29.0 Å². The van der Waals surface area contributed by atoms with E-state index >= 15 is 0 Å². The molecule has 160 valence electrons. The first-order valence-corrected chi connectivity index (χ1v) is 11.6. The van der Waals surface area contributed by atoms with Gasteiger partial charge in [0.05, 0.1) is 11.4 Å². The van der Waals surface area contributed by atoms with Crippen LogP contribution in [0, 0.1) is 19.8 Å². The molecule has 1 atom stereocenters. The van der Waals surface area contributed by atoms with E-state index in [1.807, 2.05) is 37.3 Å². The van der Waals surface area contributed by atoms with E-state index in [0.29, 0.717) is 0 Å². The standard InChI is InChI=1S/C24H26N4O2S/c1-14-16(3)31-24-21(14)22(25-13-26-24)28-10-8-17(9-11-28)23(29)27-15(2)20-12-18-6-4-5-7-19(18)30-20/h4-7,12-13,15,17H,8-11H2,1-3H3,(H,27,29). The quantitative estimate of drug-likeness (QED) is 0.481. The largest absolute Gasteiger partial charge is 0.459 e. The molecule has 31 heavy (non-hydrogen) atoms. The number of furan rings is 1. The Morgan fingerprint density at radius 3 is 2.77 bits per heavy atom. The molecule has 0 saturated carbocycles. The lowest BCUT2D eigenvalue weighted by molar-refractivity contribution is -0.126. The van der Waals surface area contributed by atoms with Crippen molar-refractivity contribution in [2.24, 2.45) is 5.92 Å². The average molecular weight is 435 g/mol. The number of aryl methyl sites for hydroxylation is 2. The number of anilines is 1. The number of carbonyl (C=O) groups excluding carboxylic acids is 1. The van der Waals surface area contributed by atoms with Crippen LogP contribution in [0.15, 0.2) is 41.1 Å². The van der Waals surface area contributed by atoms with E-state index in [-0.39, 0.29) is 17.9 Å². The Bertz CT molecular complexity index is 1220. The molecule has 1 amide bonds. The minimum Gasteiger partial charge on any atom is -0.459 e. The minimum absolute atomic E-state index is 0.00529. The minimum atomic E-state index is -0.157. The fourth-order valence-electron chi connectivity index (χ4n) is 4.38. The van der Waals surface area contributed by atoms with E-state index in [9.17, 15) is 4.79 Å². The van der Waals surface area contributed by atoms with Gasteiger partial charge in [-0.2, -0.15) is 0 Å². The normalized spacial score (nSPS) is 16.2. The molecule has 0 spiro atoms. The smallest absolute Gasteiger partial charge is 0.223 e. The van der Waals surface area contributed by atoms with Crippen molar-refractivity contribution in [1.82, 2.24) is 15.3 Å². The van der Waals surface area contributed by atoms with E-state index in [4.69, 9.17) is 4.42 Å². The van der Waals surface area contributed by atoms with Crippen molar-refractivity contribution < 1.29 is 9.21 Å². The van der Waals surface area contributed by atoms with Crippen molar-refractivity contribution in [2.75, 3.05) is 18.0 Å². The van der Waals surface area contributed by atoms with Crippen LogP contribution in [0.1, 0.15) is 42.0 Å². The maximum absolute atomic E-state index is 12.9. The predicted molar refractivity (Wildman–Crippen MR) is 125 cm³/mol. The number of nitrogens with one attached hydrogen (secondary N) is 1. The van der Waals surface area contributed by atoms with Crippen molar-refractivity contribution in [1.29, 1.82) is 0 Å². The Kier molecular flexibility index (Phi) is 5.14. The summed E-state index contributed by atoms with van der Waals surface area (Å²) in [5, 5.41) is 5.36. The Labute approximate surface area is 185 Å². The highest BCUT2D eigenvalue weighted by Gasteiger charge is 2.28. The third-order valence-corrected chi connectivity index (χ3v) is 7.46. The SMILES string of the molecule is Cc1sc2ncnc(N3CCC(C(=O)NC(C)c4cc5ccccc5o4)CC3)c2c1C. The summed E-state index contributed by atoms with van der Waals surface area (Å²) in [7, 11) is 0. The molecule has 1 N–H and O–H groups in total. The first-order chi connectivity index (χ1) is 15.0. The molecule has 0 aliphatic carbocycles. The number of thiophene rings is 1. The fraction of sp³-hybridized carbons (Fsp3) is 0.375. The maximum Gasteiger partial charge on any atom is 0.223 e. The monoisotopic (exact) mass is 434 g/mol. The van der Waals surface area contributed by atoms with Gasteiger partial charge in [-0.15, -0.1) is 11.3 Å². The summed E-state index contributed by atoms with van der Waals surface area (Å²) in [5.74, 6) is 1.90. The van der Waals surface area contributed by atoms with Gasteiger partial charge in [-0.1, -0.05) is 18.2 Å². The third kappa shape index (κ3) is 3.67. The van der Waals surface area contributed by atoms with Crippen molar-refractivity contribution in [3.05, 3.63) is 52.9 Å². The Balaban J connectivity index is 1.25. The number of benzene rings is 1. The number of piperidine rings is 1. The summed E-state index contributed by atoms with van der Waals surface area (Å²) < 4.78 is 5.91. The lowest BCUT2D eigenvalue weighted by atomic mass is 9.95. The molecule has 7 heteroatoms. The maximum atomic E-state index is 12.9. The van der Waals surface area contributed by atoms with Gasteiger partial charge in [0.2, 0.25) is 5.91 Å². The van der Waals surface area contributed by atoms with Gasteiger partial charge in [-0.25, -0.2) is 9.97 Å². The number of hydrogen-bond acceptors (Lipinski definition) is 6. The van der Waals surface area contributed by atoms with Gasteiger partial charge in [0.25, 0.3) is 0 Å². The summed E-state index contributed by atoms with van der Waals surface area (Å²) in [6.45, 7) is 7.88. The fourth-order valence-corrected chi connectivity index (χ4v) is 5.37. The van der Waals surface area contributed by atoms with E-state index in [1.54, 1.807) is 17.7 Å². The summed E-state index contributed by atoms with van der Waals surface area (Å²) in [4.78, 5) is 26.6. The van der Waals surface area contributed by atoms with Crippen molar-refractivity contribution >= 4 is 44.2 Å². The summed E-state index contributed by atoms with van der Waals surface area (Å²) in [6.07, 6.45) is 3.28. The van der Waals surface area contributed by atoms with Gasteiger partial charge in [-0.3, -0.25) is 4.79 Å². The van der Waals surface area contributed by atoms with Crippen molar-refractivity contribution in [3.63, 3.8) is 0 Å². The van der Waals surface area contributed by atoms with Crippen LogP contribution in [0.3, 0.4) is 0 Å². The molecule has 0 bridgehead atoms. The lowest BCUT2D eigenvalue weighted by Crippen LogP contribution is -2.41. The summed E-state index contributed by atoms with van der Waals surface area (Å²) >= 11 is 1.72. The number of aromatic nitrogens is 2. The zero-order chi connectivity index (χ0) is 21.5. The topological polar surface area (TPSA) is 71.3 Å². The highest BCUT2D eigenvalue weighted by atomic mass is 32.1. The van der Waals surface area contributed by atoms with E-state index in [0.717, 1.165) is 58.7 Å². The Hall–Kier alpha value is -2.93. The Morgan fingerprint density at radius 2 is 2.00 bits per heavy atom. The van der Waals surface area contributed by atoms with Crippen LogP contribution < -0.4 is 10.2 Å². The number of hydrogen-bond donors (Lipinski definition) is 1. The van der Waals surface area contributed by atoms with E-state index in [2.05, 4.69) is 34.0 Å². The van der Waals surface area contributed by atoms with Crippen LogP contribution in [0.2, 0.25) is 0 Å². The van der Waals surface area contributed by atoms with Gasteiger partial charge in [0, 0.05) is 29.3 Å². The summed E-state index contributed by atoms with van der Waals surface area (Å²) in [5.41, 5.74) is 2.11. The second-order valence-corrected chi connectivity index (χ2v) is 9.54. The van der Waals surface area contributed by atoms with E-state index < -0.39 is 0 Å². The number of rotatable bonds is 4. The zero-order valence-electron chi connectivity index (χ0n) is 18.0. The van der Waals surface area contributed by atoms with Crippen LogP contribution in [0.4, 0.5) is 5.82 Å². The molecular weight excluding hydrogens is 408 g/mol. The second-order valence-electron chi connectivity index (χ2n) is 8.34. The molecule has 4 heterocycles. The molecule has 1 fully saturated rings. The molecule has 1 unspecified atom stereocenters. The van der Waals surface area contributed by atoms with Crippen LogP contribution in [0.25, 0.3) is 21.2 Å². The number of carbonyl (C=O) groups is 1. The molecule has 3 aromatic heterocycles. The first kappa shape index (κ1) is 20.0. The molecule has 1 aliphatic rings. The van der Waals surface area contributed by atoms with Gasteiger partial charge in [0.15, 0.2) is 0 Å². The van der Waals surface area contributed by atoms with Gasteiger partial charge in [-0.05, 0) is 51.3 Å². The molecule has 5 rings (SSSR count). The second kappa shape index (κ2) is 7.96. The molecular formula is C24H26N4O2S. The molecule has 1 aliphatic heterocycles. The van der Waals surface area contributed by atoms with Crippen LogP contribution >= 0.6 is 11.3 Å². The van der Waals surface area contributed by atoms with Crippen molar-refractivity contribution in [2.45, 2.75) is 39.7 Å². The molecule has 4 aromatic rings. The molecule has 1 aromatic carbocycles. The van der Waals surface area contributed by atoms with Gasteiger partial charge in [0.1, 0.15) is 28.3 Å². The number of amides is 1. The first-order valence-electron chi connectivity index (χ1n) is 10.8. The van der Waals surface area contributed by atoms with Crippen LogP contribution in [0.5, 0.6) is 0 Å². The Morgan fingerprint density at radius 1 is 1.23 bits per heavy atom.